The van der Waals surface area contributed by atoms with Gasteiger partial charge in [-0.05, 0) is 56.3 Å². The van der Waals surface area contributed by atoms with Crippen molar-refractivity contribution in [3.63, 3.8) is 0 Å². The lowest BCUT2D eigenvalue weighted by Crippen LogP contribution is -2.28. The van der Waals surface area contributed by atoms with E-state index in [0.717, 1.165) is 5.92 Å². The average Bonchev–Trinajstić information content (AvgIpc) is 2.37. The Hall–Kier alpha value is -0.340. The van der Waals surface area contributed by atoms with E-state index < -0.39 is 0 Å². The van der Waals surface area contributed by atoms with Crippen LogP contribution in [0.4, 0.5) is 0 Å². The summed E-state index contributed by atoms with van der Waals surface area (Å²) in [6.07, 6.45) is 5.20. The van der Waals surface area contributed by atoms with Crippen LogP contribution in [0.25, 0.3) is 0 Å². The highest BCUT2D eigenvalue weighted by molar-refractivity contribution is 9.09. The molecule has 0 spiro atoms. The number of hydrogen-bond acceptors (Lipinski definition) is 1. The van der Waals surface area contributed by atoms with Crippen molar-refractivity contribution in [2.45, 2.75) is 43.4 Å². The largest absolute Gasteiger partial charge is 0.306 e. The Balaban J connectivity index is 1.94. The Kier molecular flexibility index (Phi) is 5.25. The molecule has 100 valence electrons. The van der Waals surface area contributed by atoms with Gasteiger partial charge in [0.15, 0.2) is 0 Å². The van der Waals surface area contributed by atoms with Gasteiger partial charge in [-0.15, -0.1) is 0 Å². The van der Waals surface area contributed by atoms with Crippen LogP contribution >= 0.6 is 15.9 Å². The zero-order valence-electron chi connectivity index (χ0n) is 11.5. The number of alkyl halides is 1. The average molecular weight is 310 g/mol. The minimum atomic E-state index is 0.624. The molecule has 1 aliphatic carbocycles. The van der Waals surface area contributed by atoms with E-state index in [1.54, 1.807) is 11.1 Å². The van der Waals surface area contributed by atoms with Gasteiger partial charge < -0.3 is 4.90 Å². The molecule has 1 nitrogen and oxygen atoms in total. The fourth-order valence-electron chi connectivity index (χ4n) is 2.91. The topological polar surface area (TPSA) is 3.24 Å². The number of nitrogens with zero attached hydrogens (tertiary/aromatic N) is 1. The molecule has 0 fully saturated rings. The van der Waals surface area contributed by atoms with E-state index >= 15 is 0 Å². The second-order valence-corrected chi connectivity index (χ2v) is 7.18. The third-order valence-electron chi connectivity index (χ3n) is 3.93. The van der Waals surface area contributed by atoms with Gasteiger partial charge in [-0.3, -0.25) is 0 Å². The minimum absolute atomic E-state index is 0.624. The summed E-state index contributed by atoms with van der Waals surface area (Å²) in [6, 6.07) is 9.01. The van der Waals surface area contributed by atoms with Crippen molar-refractivity contribution >= 4 is 15.9 Å². The summed E-state index contributed by atoms with van der Waals surface area (Å²) in [5, 5.41) is 0. The quantitative estimate of drug-likeness (QED) is 0.736. The van der Waals surface area contributed by atoms with Crippen LogP contribution in [0, 0.1) is 0 Å². The highest BCUT2D eigenvalue weighted by Crippen LogP contribution is 2.31. The van der Waals surface area contributed by atoms with Crippen molar-refractivity contribution < 1.29 is 0 Å². The maximum atomic E-state index is 3.63. The van der Waals surface area contributed by atoms with E-state index in [0.29, 0.717) is 4.83 Å². The van der Waals surface area contributed by atoms with E-state index in [1.165, 1.54) is 38.8 Å². The van der Waals surface area contributed by atoms with E-state index in [9.17, 15) is 0 Å². The lowest BCUT2D eigenvalue weighted by Gasteiger charge is -2.29. The predicted octanol–water partition coefficient (Wildman–Crippen LogP) is 4.21. The Morgan fingerprint density at radius 1 is 1.39 bits per heavy atom. The summed E-state index contributed by atoms with van der Waals surface area (Å²) in [5.41, 5.74) is 3.18. The number of rotatable bonds is 5. The van der Waals surface area contributed by atoms with E-state index in [-0.39, 0.29) is 0 Å². The van der Waals surface area contributed by atoms with Crippen LogP contribution in [0.5, 0.6) is 0 Å². The molecule has 1 aliphatic rings. The number of hydrogen-bond donors (Lipinski definition) is 0. The van der Waals surface area contributed by atoms with Crippen molar-refractivity contribution in [2.24, 2.45) is 0 Å². The minimum Gasteiger partial charge on any atom is -0.306 e. The molecule has 0 heterocycles. The monoisotopic (exact) mass is 309 g/mol. The van der Waals surface area contributed by atoms with E-state index in [1.807, 2.05) is 0 Å². The molecule has 2 unspecified atom stereocenters. The molecule has 0 N–H and O–H groups in total. The van der Waals surface area contributed by atoms with Crippen LogP contribution in [-0.4, -0.2) is 29.9 Å². The maximum absolute atomic E-state index is 3.63. The summed E-state index contributed by atoms with van der Waals surface area (Å²) in [4.78, 5) is 3.11. The van der Waals surface area contributed by atoms with Crippen LogP contribution in [0.3, 0.4) is 0 Å². The first kappa shape index (κ1) is 14.1. The third kappa shape index (κ3) is 3.83. The Labute approximate surface area is 120 Å². The van der Waals surface area contributed by atoms with Gasteiger partial charge >= 0.3 is 0 Å². The van der Waals surface area contributed by atoms with Gasteiger partial charge in [0.1, 0.15) is 0 Å². The van der Waals surface area contributed by atoms with Gasteiger partial charge in [-0.2, -0.15) is 0 Å². The smallest absolute Gasteiger partial charge is 0.0129 e. The number of aryl methyl sites for hydroxylation is 1. The first-order chi connectivity index (χ1) is 8.66. The standard InChI is InChI=1S/C16H24BrN/c1-13(17)10-11-18(2)12-15-8-5-7-14-6-3-4-9-16(14)15/h3-4,6,9,13,15H,5,7-8,10-12H2,1-2H3. The molecule has 2 heteroatoms. The molecule has 0 aliphatic heterocycles. The zero-order chi connectivity index (χ0) is 13.0. The fourth-order valence-corrected chi connectivity index (χ4v) is 3.11. The number of fused-ring (bicyclic) bond motifs is 1. The summed E-state index contributed by atoms with van der Waals surface area (Å²) in [5.74, 6) is 0.741. The van der Waals surface area contributed by atoms with Crippen LogP contribution in [-0.2, 0) is 6.42 Å². The van der Waals surface area contributed by atoms with Crippen molar-refractivity contribution in [1.29, 1.82) is 0 Å². The van der Waals surface area contributed by atoms with Gasteiger partial charge in [0, 0.05) is 11.4 Å². The van der Waals surface area contributed by atoms with Gasteiger partial charge in [-0.1, -0.05) is 47.1 Å². The molecule has 18 heavy (non-hydrogen) atoms. The Morgan fingerprint density at radius 3 is 2.94 bits per heavy atom. The number of halogens is 1. The molecule has 0 saturated heterocycles. The SMILES string of the molecule is CC(Br)CCN(C)CC1CCCc2ccccc21. The molecule has 2 rings (SSSR count). The first-order valence-electron chi connectivity index (χ1n) is 7.07. The molecule has 0 amide bonds. The zero-order valence-corrected chi connectivity index (χ0v) is 13.1. The molecule has 0 aromatic heterocycles. The van der Waals surface area contributed by atoms with Crippen LogP contribution < -0.4 is 0 Å². The highest BCUT2D eigenvalue weighted by atomic mass is 79.9. The Morgan fingerprint density at radius 2 is 2.17 bits per heavy atom. The molecule has 0 bridgehead atoms. The summed E-state index contributed by atoms with van der Waals surface area (Å²) < 4.78 is 0. The molecule has 2 atom stereocenters. The van der Waals surface area contributed by atoms with E-state index in [4.69, 9.17) is 0 Å². The van der Waals surface area contributed by atoms with Crippen LogP contribution in [0.1, 0.15) is 43.2 Å². The maximum Gasteiger partial charge on any atom is 0.0129 e. The predicted molar refractivity (Wildman–Crippen MR) is 82.6 cm³/mol. The van der Waals surface area contributed by atoms with Gasteiger partial charge in [0.25, 0.3) is 0 Å². The molecular formula is C16H24BrN. The fraction of sp³-hybridized carbons (Fsp3) is 0.625. The lowest BCUT2D eigenvalue weighted by molar-refractivity contribution is 0.295. The summed E-state index contributed by atoms with van der Waals surface area (Å²) >= 11 is 3.63. The first-order valence-corrected chi connectivity index (χ1v) is 7.99. The van der Waals surface area contributed by atoms with Gasteiger partial charge in [-0.25, -0.2) is 0 Å². The second kappa shape index (κ2) is 6.72. The number of benzene rings is 1. The van der Waals surface area contributed by atoms with Crippen molar-refractivity contribution in [2.75, 3.05) is 20.1 Å². The van der Waals surface area contributed by atoms with Gasteiger partial charge in [0.2, 0.25) is 0 Å². The molecular weight excluding hydrogens is 286 g/mol. The second-order valence-electron chi connectivity index (χ2n) is 5.62. The molecule has 1 aromatic rings. The summed E-state index contributed by atoms with van der Waals surface area (Å²) in [7, 11) is 2.26. The molecule has 1 aromatic carbocycles. The highest BCUT2D eigenvalue weighted by Gasteiger charge is 2.20. The van der Waals surface area contributed by atoms with E-state index in [2.05, 4.69) is 59.1 Å². The van der Waals surface area contributed by atoms with Crippen molar-refractivity contribution in [3.8, 4) is 0 Å². The number of likely N-dealkylation sites (N-methyl/N-ethyl adjacent to an activating group) is 1. The normalized spacial score (nSPS) is 20.8. The van der Waals surface area contributed by atoms with Crippen LogP contribution in [0.15, 0.2) is 24.3 Å². The van der Waals surface area contributed by atoms with Crippen molar-refractivity contribution in [1.82, 2.24) is 4.90 Å². The summed E-state index contributed by atoms with van der Waals surface area (Å²) in [6.45, 7) is 4.62. The molecule has 0 radical (unpaired) electrons. The van der Waals surface area contributed by atoms with Gasteiger partial charge in [0.05, 0.1) is 0 Å². The lowest BCUT2D eigenvalue weighted by atomic mass is 9.82. The molecule has 0 saturated carbocycles. The van der Waals surface area contributed by atoms with Crippen molar-refractivity contribution in [3.05, 3.63) is 35.4 Å². The Bertz CT molecular complexity index is 375. The third-order valence-corrected chi connectivity index (χ3v) is 4.39. The van der Waals surface area contributed by atoms with Crippen LogP contribution in [0.2, 0.25) is 0 Å².